The molecule has 3 rings (SSSR count). The fourth-order valence-corrected chi connectivity index (χ4v) is 2.41. The molecule has 6 nitrogen and oxygen atoms in total. The van der Waals surface area contributed by atoms with Crippen molar-refractivity contribution in [2.75, 3.05) is 13.2 Å². The number of para-hydroxylation sites is 1. The van der Waals surface area contributed by atoms with Gasteiger partial charge in [0.15, 0.2) is 0 Å². The van der Waals surface area contributed by atoms with Gasteiger partial charge in [-0.3, -0.25) is 9.59 Å². The van der Waals surface area contributed by atoms with Gasteiger partial charge in [0, 0.05) is 18.0 Å². The third kappa shape index (κ3) is 3.00. The van der Waals surface area contributed by atoms with Crippen molar-refractivity contribution in [2.45, 2.75) is 30.9 Å². The van der Waals surface area contributed by atoms with E-state index in [0.29, 0.717) is 24.3 Å². The van der Waals surface area contributed by atoms with Gasteiger partial charge in [0.1, 0.15) is 11.4 Å². The van der Waals surface area contributed by atoms with Crippen molar-refractivity contribution in [2.24, 2.45) is 0 Å². The van der Waals surface area contributed by atoms with Crippen LogP contribution in [-0.4, -0.2) is 36.1 Å². The molecular weight excluding hydrogens is 272 g/mol. The molecule has 1 aromatic carbocycles. The SMILES string of the molecule is O=C(NC[C@]1(O)CCOc2ccccc21)C(=O)NC1CC1. The largest absolute Gasteiger partial charge is 0.493 e. The van der Waals surface area contributed by atoms with Crippen LogP contribution in [-0.2, 0) is 15.2 Å². The van der Waals surface area contributed by atoms with Crippen molar-refractivity contribution >= 4 is 11.8 Å². The molecule has 0 saturated heterocycles. The van der Waals surface area contributed by atoms with Crippen LogP contribution in [0.15, 0.2) is 24.3 Å². The summed E-state index contributed by atoms with van der Waals surface area (Å²) in [5, 5.41) is 15.8. The van der Waals surface area contributed by atoms with Gasteiger partial charge in [0.2, 0.25) is 0 Å². The minimum atomic E-state index is -1.20. The van der Waals surface area contributed by atoms with Gasteiger partial charge >= 0.3 is 11.8 Å². The van der Waals surface area contributed by atoms with E-state index in [4.69, 9.17) is 4.74 Å². The zero-order valence-electron chi connectivity index (χ0n) is 11.6. The van der Waals surface area contributed by atoms with Crippen LogP contribution in [0.2, 0.25) is 0 Å². The van der Waals surface area contributed by atoms with E-state index < -0.39 is 17.4 Å². The number of rotatable bonds is 3. The Kier molecular flexibility index (Phi) is 3.55. The van der Waals surface area contributed by atoms with Gasteiger partial charge in [-0.25, -0.2) is 0 Å². The lowest BCUT2D eigenvalue weighted by molar-refractivity contribution is -0.140. The number of ether oxygens (including phenoxy) is 1. The number of benzene rings is 1. The highest BCUT2D eigenvalue weighted by Crippen LogP contribution is 2.36. The summed E-state index contributed by atoms with van der Waals surface area (Å²) in [6, 6.07) is 7.31. The van der Waals surface area contributed by atoms with E-state index in [1.165, 1.54) is 0 Å². The summed E-state index contributed by atoms with van der Waals surface area (Å²) in [5.74, 6) is -0.733. The van der Waals surface area contributed by atoms with E-state index in [9.17, 15) is 14.7 Å². The van der Waals surface area contributed by atoms with E-state index in [1.807, 2.05) is 6.07 Å². The zero-order chi connectivity index (χ0) is 14.9. The molecule has 1 atom stereocenters. The minimum Gasteiger partial charge on any atom is -0.493 e. The van der Waals surface area contributed by atoms with Crippen molar-refractivity contribution in [1.29, 1.82) is 0 Å². The molecule has 6 heteroatoms. The summed E-state index contributed by atoms with van der Waals surface area (Å²) in [4.78, 5) is 23.3. The van der Waals surface area contributed by atoms with E-state index >= 15 is 0 Å². The van der Waals surface area contributed by atoms with E-state index in [-0.39, 0.29) is 12.6 Å². The maximum Gasteiger partial charge on any atom is 0.309 e. The number of hydrogen-bond donors (Lipinski definition) is 3. The van der Waals surface area contributed by atoms with Crippen LogP contribution >= 0.6 is 0 Å². The van der Waals surface area contributed by atoms with Gasteiger partial charge in [0.25, 0.3) is 0 Å². The van der Waals surface area contributed by atoms with Crippen molar-refractivity contribution in [3.63, 3.8) is 0 Å². The van der Waals surface area contributed by atoms with Crippen molar-refractivity contribution in [3.8, 4) is 5.75 Å². The third-order valence-corrected chi connectivity index (χ3v) is 3.82. The van der Waals surface area contributed by atoms with Gasteiger partial charge < -0.3 is 20.5 Å². The number of carbonyl (C=O) groups excluding carboxylic acids is 2. The van der Waals surface area contributed by atoms with Crippen molar-refractivity contribution < 1.29 is 19.4 Å². The molecule has 0 bridgehead atoms. The monoisotopic (exact) mass is 290 g/mol. The standard InChI is InChI=1S/C15H18N2O4/c18-13(14(19)17-10-5-6-10)16-9-15(20)7-8-21-12-4-2-1-3-11(12)15/h1-4,10,20H,5-9H2,(H,16,18)(H,17,19)/t15-/m1/s1. The molecule has 1 aliphatic carbocycles. The molecule has 112 valence electrons. The molecular formula is C15H18N2O4. The molecule has 0 radical (unpaired) electrons. The fraction of sp³-hybridized carbons (Fsp3) is 0.467. The topological polar surface area (TPSA) is 87.7 Å². The summed E-state index contributed by atoms with van der Waals surface area (Å²) in [7, 11) is 0. The number of carbonyl (C=O) groups is 2. The fourth-order valence-electron chi connectivity index (χ4n) is 2.41. The molecule has 1 fully saturated rings. The Labute approximate surface area is 122 Å². The van der Waals surface area contributed by atoms with Crippen LogP contribution in [0.5, 0.6) is 5.75 Å². The van der Waals surface area contributed by atoms with Crippen LogP contribution in [0.3, 0.4) is 0 Å². The average Bonchev–Trinajstić information content (AvgIpc) is 3.29. The summed E-state index contributed by atoms with van der Waals surface area (Å²) >= 11 is 0. The number of aliphatic hydroxyl groups is 1. The Morgan fingerprint density at radius 1 is 1.29 bits per heavy atom. The number of fused-ring (bicyclic) bond motifs is 1. The normalized spacial score (nSPS) is 23.7. The molecule has 2 aliphatic rings. The highest BCUT2D eigenvalue weighted by molar-refractivity contribution is 6.35. The van der Waals surface area contributed by atoms with Crippen LogP contribution in [0.25, 0.3) is 0 Å². The average molecular weight is 290 g/mol. The highest BCUT2D eigenvalue weighted by Gasteiger charge is 2.36. The van der Waals surface area contributed by atoms with Crippen LogP contribution < -0.4 is 15.4 Å². The Morgan fingerprint density at radius 2 is 2.05 bits per heavy atom. The predicted octanol–water partition coefficient (Wildman–Crippen LogP) is 0.0515. The second-order valence-corrected chi connectivity index (χ2v) is 5.56. The van der Waals surface area contributed by atoms with Gasteiger partial charge in [-0.2, -0.15) is 0 Å². The van der Waals surface area contributed by atoms with Gasteiger partial charge in [-0.05, 0) is 18.9 Å². The maximum absolute atomic E-state index is 11.7. The summed E-state index contributed by atoms with van der Waals surface area (Å²) in [6.07, 6.45) is 2.22. The smallest absolute Gasteiger partial charge is 0.309 e. The highest BCUT2D eigenvalue weighted by atomic mass is 16.5. The van der Waals surface area contributed by atoms with Crippen LogP contribution in [0.1, 0.15) is 24.8 Å². The Morgan fingerprint density at radius 3 is 2.81 bits per heavy atom. The predicted molar refractivity (Wildman–Crippen MR) is 74.6 cm³/mol. The quantitative estimate of drug-likeness (QED) is 0.687. The molecule has 21 heavy (non-hydrogen) atoms. The van der Waals surface area contributed by atoms with Crippen LogP contribution in [0, 0.1) is 0 Å². The summed E-state index contributed by atoms with van der Waals surface area (Å²) in [5.41, 5.74) is -0.566. The molecule has 1 aliphatic heterocycles. The summed E-state index contributed by atoms with van der Waals surface area (Å²) in [6.45, 7) is 0.363. The van der Waals surface area contributed by atoms with E-state index in [1.54, 1.807) is 18.2 Å². The first kappa shape index (κ1) is 13.9. The lowest BCUT2D eigenvalue weighted by Gasteiger charge is -2.34. The molecule has 0 aromatic heterocycles. The second-order valence-electron chi connectivity index (χ2n) is 5.56. The first-order valence-electron chi connectivity index (χ1n) is 7.12. The van der Waals surface area contributed by atoms with Gasteiger partial charge in [0.05, 0.1) is 13.2 Å². The van der Waals surface area contributed by atoms with Gasteiger partial charge in [-0.15, -0.1) is 0 Å². The molecule has 2 amide bonds. The van der Waals surface area contributed by atoms with E-state index in [0.717, 1.165) is 12.8 Å². The number of amides is 2. The first-order valence-corrected chi connectivity index (χ1v) is 7.12. The van der Waals surface area contributed by atoms with Crippen molar-refractivity contribution in [1.82, 2.24) is 10.6 Å². The first-order chi connectivity index (χ1) is 10.1. The minimum absolute atomic E-state index is 0.00963. The third-order valence-electron chi connectivity index (χ3n) is 3.82. The van der Waals surface area contributed by atoms with Crippen LogP contribution in [0.4, 0.5) is 0 Å². The lowest BCUT2D eigenvalue weighted by Crippen LogP contribution is -2.48. The molecule has 1 aromatic rings. The Balaban J connectivity index is 1.64. The number of nitrogens with one attached hydrogen (secondary N) is 2. The molecule has 3 N–H and O–H groups in total. The number of hydrogen-bond acceptors (Lipinski definition) is 4. The summed E-state index contributed by atoms with van der Waals surface area (Å²) < 4.78 is 5.48. The van der Waals surface area contributed by atoms with Crippen molar-refractivity contribution in [3.05, 3.63) is 29.8 Å². The molecule has 1 heterocycles. The Hall–Kier alpha value is -2.08. The molecule has 0 spiro atoms. The Bertz CT molecular complexity index is 571. The van der Waals surface area contributed by atoms with Gasteiger partial charge in [-0.1, -0.05) is 18.2 Å². The molecule has 1 saturated carbocycles. The van der Waals surface area contributed by atoms with E-state index in [2.05, 4.69) is 10.6 Å². The maximum atomic E-state index is 11.7. The zero-order valence-corrected chi connectivity index (χ0v) is 11.6. The second kappa shape index (κ2) is 5.37. The lowest BCUT2D eigenvalue weighted by atomic mass is 9.88. The molecule has 0 unspecified atom stereocenters.